The smallest absolute Gasteiger partial charge is 0.187 e. The van der Waals surface area contributed by atoms with Crippen molar-refractivity contribution in [2.45, 2.75) is 38.3 Å². The van der Waals surface area contributed by atoms with Crippen molar-refractivity contribution in [3.05, 3.63) is 18.0 Å². The summed E-state index contributed by atoms with van der Waals surface area (Å²) in [5.41, 5.74) is 0.983. The highest BCUT2D eigenvalue weighted by Gasteiger charge is 2.00. The highest BCUT2D eigenvalue weighted by atomic mass is 32.2. The van der Waals surface area contributed by atoms with Gasteiger partial charge in [-0.3, -0.25) is 4.79 Å². The molecule has 15 heavy (non-hydrogen) atoms. The Labute approximate surface area is 94.7 Å². The summed E-state index contributed by atoms with van der Waals surface area (Å²) in [5, 5.41) is 0.805. The van der Waals surface area contributed by atoms with Gasteiger partial charge in [0.15, 0.2) is 5.16 Å². The van der Waals surface area contributed by atoms with E-state index in [2.05, 4.69) is 9.97 Å². The lowest BCUT2D eigenvalue weighted by Gasteiger charge is -2.00. The molecule has 82 valence electrons. The molecule has 0 fully saturated rings. The van der Waals surface area contributed by atoms with Gasteiger partial charge in [0, 0.05) is 30.5 Å². The van der Waals surface area contributed by atoms with Gasteiger partial charge in [0.25, 0.3) is 0 Å². The van der Waals surface area contributed by atoms with Crippen LogP contribution in [0.2, 0.25) is 0 Å². The maximum Gasteiger partial charge on any atom is 0.187 e. The molecule has 0 N–H and O–H groups in total. The molecule has 3 nitrogen and oxygen atoms in total. The minimum absolute atomic E-state index is 0.334. The molecule has 1 heterocycles. The molecular formula is C11H16N2OS. The largest absolute Gasteiger partial charge is 0.300 e. The van der Waals surface area contributed by atoms with Crippen molar-refractivity contribution in [3.63, 3.8) is 0 Å². The van der Waals surface area contributed by atoms with Crippen LogP contribution in [0.15, 0.2) is 17.4 Å². The molecule has 0 bridgehead atoms. The fraction of sp³-hybridized carbons (Fsp3) is 0.545. The molecule has 4 heteroatoms. The van der Waals surface area contributed by atoms with Crippen molar-refractivity contribution in [1.29, 1.82) is 0 Å². The predicted octanol–water partition coefficient (Wildman–Crippen LogP) is 2.64. The minimum Gasteiger partial charge on any atom is -0.300 e. The van der Waals surface area contributed by atoms with E-state index in [4.69, 9.17) is 0 Å². The Hall–Kier alpha value is -0.900. The van der Waals surface area contributed by atoms with E-state index in [0.717, 1.165) is 23.0 Å². The Morgan fingerprint density at radius 1 is 1.53 bits per heavy atom. The molecule has 0 unspecified atom stereocenters. The summed E-state index contributed by atoms with van der Waals surface area (Å²) in [6.45, 7) is 3.85. The SMILES string of the molecule is CCC(=O)CCCSc1nccc(C)n1. The molecule has 0 spiro atoms. The Morgan fingerprint density at radius 2 is 2.33 bits per heavy atom. The lowest BCUT2D eigenvalue weighted by atomic mass is 10.2. The molecule has 1 rings (SSSR count). The van der Waals surface area contributed by atoms with Gasteiger partial charge < -0.3 is 0 Å². The second-order valence-electron chi connectivity index (χ2n) is 3.32. The molecule has 0 aromatic carbocycles. The van der Waals surface area contributed by atoms with Gasteiger partial charge in [0.1, 0.15) is 5.78 Å². The van der Waals surface area contributed by atoms with E-state index in [1.807, 2.05) is 19.9 Å². The molecule has 1 aromatic heterocycles. The summed E-state index contributed by atoms with van der Waals surface area (Å²) in [4.78, 5) is 19.5. The highest BCUT2D eigenvalue weighted by Crippen LogP contribution is 2.14. The summed E-state index contributed by atoms with van der Waals surface area (Å²) in [6, 6.07) is 1.88. The minimum atomic E-state index is 0.334. The first-order chi connectivity index (χ1) is 7.22. The van der Waals surface area contributed by atoms with Crippen LogP contribution in [0, 0.1) is 6.92 Å². The average Bonchev–Trinajstić information content (AvgIpc) is 2.24. The molecular weight excluding hydrogens is 208 g/mol. The summed E-state index contributed by atoms with van der Waals surface area (Å²) in [7, 11) is 0. The van der Waals surface area contributed by atoms with Crippen molar-refractivity contribution in [1.82, 2.24) is 9.97 Å². The van der Waals surface area contributed by atoms with Crippen LogP contribution in [0.4, 0.5) is 0 Å². The van der Waals surface area contributed by atoms with Crippen molar-refractivity contribution in [2.24, 2.45) is 0 Å². The van der Waals surface area contributed by atoms with Crippen LogP contribution in [0.1, 0.15) is 31.9 Å². The molecule has 0 radical (unpaired) electrons. The first-order valence-electron chi connectivity index (χ1n) is 5.16. The molecule has 0 saturated heterocycles. The second-order valence-corrected chi connectivity index (χ2v) is 4.39. The van der Waals surface area contributed by atoms with Gasteiger partial charge >= 0.3 is 0 Å². The molecule has 1 aromatic rings. The number of aromatic nitrogens is 2. The van der Waals surface area contributed by atoms with Crippen LogP contribution in [0.3, 0.4) is 0 Å². The number of ketones is 1. The van der Waals surface area contributed by atoms with Crippen molar-refractivity contribution in [3.8, 4) is 0 Å². The van der Waals surface area contributed by atoms with Gasteiger partial charge in [0.05, 0.1) is 0 Å². The number of carbonyl (C=O) groups excluding carboxylic acids is 1. The summed E-state index contributed by atoms with van der Waals surface area (Å²) in [5.74, 6) is 1.25. The summed E-state index contributed by atoms with van der Waals surface area (Å²) < 4.78 is 0. The molecule has 0 atom stereocenters. The third kappa shape index (κ3) is 4.93. The quantitative estimate of drug-likeness (QED) is 0.423. The molecule has 0 aliphatic carbocycles. The molecule has 0 aliphatic rings. The predicted molar refractivity (Wildman–Crippen MR) is 62.0 cm³/mol. The highest BCUT2D eigenvalue weighted by molar-refractivity contribution is 7.99. The molecule has 0 saturated carbocycles. The number of rotatable bonds is 6. The first kappa shape index (κ1) is 12.2. The van der Waals surface area contributed by atoms with Crippen LogP contribution in [0.5, 0.6) is 0 Å². The monoisotopic (exact) mass is 224 g/mol. The third-order valence-corrected chi connectivity index (χ3v) is 2.95. The van der Waals surface area contributed by atoms with E-state index in [-0.39, 0.29) is 0 Å². The first-order valence-corrected chi connectivity index (χ1v) is 6.15. The van der Waals surface area contributed by atoms with Crippen LogP contribution in [0.25, 0.3) is 0 Å². The number of aryl methyl sites for hydroxylation is 1. The normalized spacial score (nSPS) is 10.3. The van der Waals surface area contributed by atoms with Crippen LogP contribution in [-0.2, 0) is 4.79 Å². The zero-order chi connectivity index (χ0) is 11.1. The van der Waals surface area contributed by atoms with E-state index in [1.54, 1.807) is 18.0 Å². The summed E-state index contributed by atoms with van der Waals surface area (Å²) in [6.07, 6.45) is 4.00. The van der Waals surface area contributed by atoms with Crippen LogP contribution in [-0.4, -0.2) is 21.5 Å². The van der Waals surface area contributed by atoms with Crippen molar-refractivity contribution < 1.29 is 4.79 Å². The summed E-state index contributed by atoms with van der Waals surface area (Å²) >= 11 is 1.61. The standard InChI is InChI=1S/C11H16N2OS/c1-3-10(14)5-4-8-15-11-12-7-6-9(2)13-11/h6-7H,3-5,8H2,1-2H3. The van der Waals surface area contributed by atoms with E-state index in [0.29, 0.717) is 18.6 Å². The van der Waals surface area contributed by atoms with Crippen molar-refractivity contribution in [2.75, 3.05) is 5.75 Å². The number of Topliss-reactive ketones (excluding diaryl/α,β-unsaturated/α-hetero) is 1. The third-order valence-electron chi connectivity index (χ3n) is 2.00. The Balaban J connectivity index is 2.23. The van der Waals surface area contributed by atoms with Gasteiger partial charge in [-0.15, -0.1) is 0 Å². The van der Waals surface area contributed by atoms with Gasteiger partial charge in [-0.05, 0) is 19.4 Å². The van der Waals surface area contributed by atoms with Gasteiger partial charge in [-0.1, -0.05) is 18.7 Å². The fourth-order valence-electron chi connectivity index (χ4n) is 1.11. The Kier molecular flexibility index (Phi) is 5.32. The maximum absolute atomic E-state index is 11.0. The van der Waals surface area contributed by atoms with Crippen LogP contribution < -0.4 is 0 Å². The lowest BCUT2D eigenvalue weighted by molar-refractivity contribution is -0.118. The molecule has 0 aliphatic heterocycles. The Bertz CT molecular complexity index is 328. The van der Waals surface area contributed by atoms with E-state index >= 15 is 0 Å². The average molecular weight is 224 g/mol. The molecule has 0 amide bonds. The van der Waals surface area contributed by atoms with E-state index in [1.165, 1.54) is 0 Å². The topological polar surface area (TPSA) is 42.9 Å². The number of hydrogen-bond donors (Lipinski definition) is 0. The zero-order valence-electron chi connectivity index (χ0n) is 9.19. The van der Waals surface area contributed by atoms with E-state index < -0.39 is 0 Å². The lowest BCUT2D eigenvalue weighted by Crippen LogP contribution is -1.96. The Morgan fingerprint density at radius 3 is 3.00 bits per heavy atom. The number of hydrogen-bond acceptors (Lipinski definition) is 4. The zero-order valence-corrected chi connectivity index (χ0v) is 10.0. The van der Waals surface area contributed by atoms with E-state index in [9.17, 15) is 4.79 Å². The van der Waals surface area contributed by atoms with Gasteiger partial charge in [-0.2, -0.15) is 0 Å². The number of thioether (sulfide) groups is 1. The van der Waals surface area contributed by atoms with Gasteiger partial charge in [-0.25, -0.2) is 9.97 Å². The van der Waals surface area contributed by atoms with Crippen molar-refractivity contribution >= 4 is 17.5 Å². The number of nitrogens with zero attached hydrogens (tertiary/aromatic N) is 2. The number of carbonyl (C=O) groups is 1. The fourth-order valence-corrected chi connectivity index (χ4v) is 1.92. The second kappa shape index (κ2) is 6.56. The maximum atomic E-state index is 11.0. The van der Waals surface area contributed by atoms with Gasteiger partial charge in [0.2, 0.25) is 0 Å². The van der Waals surface area contributed by atoms with Crippen LogP contribution >= 0.6 is 11.8 Å².